The summed E-state index contributed by atoms with van der Waals surface area (Å²) in [5.74, 6) is -2.27. The molecule has 0 aromatic carbocycles. The molecule has 0 radical (unpaired) electrons. The summed E-state index contributed by atoms with van der Waals surface area (Å²) in [5, 5.41) is 10.6. The number of phosphoric acid groups is 2. The van der Waals surface area contributed by atoms with Gasteiger partial charge in [0.15, 0.2) is 12.2 Å². The molecule has 0 fully saturated rings. The SMILES string of the molecule is CC/C=C\C/C=C\C/C=C\C/C=C\C/C=C\C/C=C\CCC(=O)OCC(COP(=O)(O)OCC(O)COP(=O)(O)OCC(COC(=O)CCCCCCC/C=C\C/C=C\CCCCC)OC(=O)CCCCCCCCCCCCCCCCC)OC(=O)CCCCCCCCCCCCC. The molecule has 5 atom stereocenters. The fourth-order valence-electron chi connectivity index (χ4n) is 10.6. The van der Waals surface area contributed by atoms with E-state index in [4.69, 9.17) is 37.0 Å². The van der Waals surface area contributed by atoms with Gasteiger partial charge in [-0.15, -0.1) is 0 Å². The normalized spacial score (nSPS) is 14.4. The number of carbonyl (C=O) groups is 4. The zero-order valence-electron chi connectivity index (χ0n) is 63.1. The number of hydrogen-bond acceptors (Lipinski definition) is 15. The molecule has 0 aliphatic heterocycles. The van der Waals surface area contributed by atoms with Crippen molar-refractivity contribution in [3.63, 3.8) is 0 Å². The Morgan fingerprint density at radius 2 is 0.540 bits per heavy atom. The summed E-state index contributed by atoms with van der Waals surface area (Å²) in [5.41, 5.74) is 0. The van der Waals surface area contributed by atoms with Crippen molar-refractivity contribution >= 4 is 39.5 Å². The van der Waals surface area contributed by atoms with E-state index in [1.54, 1.807) is 0 Å². The predicted octanol–water partition coefficient (Wildman–Crippen LogP) is 22.8. The van der Waals surface area contributed by atoms with Gasteiger partial charge in [0, 0.05) is 25.7 Å². The molecule has 0 bridgehead atoms. The molecule has 0 amide bonds. The van der Waals surface area contributed by atoms with Gasteiger partial charge in [0.1, 0.15) is 19.3 Å². The van der Waals surface area contributed by atoms with Crippen LogP contribution in [0.3, 0.4) is 0 Å². The molecule has 0 spiro atoms. The summed E-state index contributed by atoms with van der Waals surface area (Å²) in [6.45, 7) is 4.67. The lowest BCUT2D eigenvalue weighted by Gasteiger charge is -2.21. The Morgan fingerprint density at radius 3 is 0.880 bits per heavy atom. The van der Waals surface area contributed by atoms with Gasteiger partial charge in [0.25, 0.3) is 0 Å². The van der Waals surface area contributed by atoms with Crippen molar-refractivity contribution in [2.45, 2.75) is 354 Å². The topological polar surface area (TPSA) is 237 Å². The molecular weight excluding hydrogens is 1310 g/mol. The van der Waals surface area contributed by atoms with Crippen LogP contribution in [0.1, 0.15) is 336 Å². The summed E-state index contributed by atoms with van der Waals surface area (Å²) in [6.07, 6.45) is 76.9. The average molecular weight is 1450 g/mol. The van der Waals surface area contributed by atoms with Crippen molar-refractivity contribution in [2.24, 2.45) is 0 Å². The number of carbonyl (C=O) groups excluding carboxylic acids is 4. The Morgan fingerprint density at radius 1 is 0.290 bits per heavy atom. The maximum Gasteiger partial charge on any atom is 0.472 e. The number of rotatable bonds is 74. The first kappa shape index (κ1) is 96.0. The second kappa shape index (κ2) is 73.3. The van der Waals surface area contributed by atoms with Crippen LogP contribution in [0.2, 0.25) is 0 Å². The van der Waals surface area contributed by atoms with Gasteiger partial charge in [-0.2, -0.15) is 0 Å². The molecule has 5 unspecified atom stereocenters. The lowest BCUT2D eigenvalue weighted by molar-refractivity contribution is -0.161. The summed E-state index contributed by atoms with van der Waals surface area (Å²) >= 11 is 0. The Bertz CT molecular complexity index is 2270. The third kappa shape index (κ3) is 72.3. The van der Waals surface area contributed by atoms with E-state index in [9.17, 15) is 43.2 Å². The van der Waals surface area contributed by atoms with Crippen LogP contribution < -0.4 is 0 Å². The first-order valence-electron chi connectivity index (χ1n) is 39.5. The summed E-state index contributed by atoms with van der Waals surface area (Å²) in [7, 11) is -9.96. The van der Waals surface area contributed by atoms with E-state index in [0.717, 1.165) is 128 Å². The number of aliphatic hydroxyl groups excluding tert-OH is 1. The quantitative estimate of drug-likeness (QED) is 0.0169. The first-order chi connectivity index (χ1) is 48.7. The van der Waals surface area contributed by atoms with Crippen molar-refractivity contribution < 1.29 is 80.2 Å². The number of unbranched alkanes of at least 4 members (excludes halogenated alkanes) is 32. The highest BCUT2D eigenvalue weighted by molar-refractivity contribution is 7.47. The number of hydrogen-bond donors (Lipinski definition) is 3. The second-order valence-electron chi connectivity index (χ2n) is 26.3. The molecule has 0 saturated carbocycles. The highest BCUT2D eigenvalue weighted by Gasteiger charge is 2.30. The molecule has 0 rings (SSSR count). The molecule has 0 aliphatic rings. The monoisotopic (exact) mass is 1450 g/mol. The molecule has 578 valence electrons. The van der Waals surface area contributed by atoms with Crippen molar-refractivity contribution in [1.29, 1.82) is 0 Å². The molecule has 0 heterocycles. The van der Waals surface area contributed by atoms with E-state index in [-0.39, 0.29) is 25.7 Å². The molecule has 0 aliphatic carbocycles. The molecule has 0 aromatic heterocycles. The highest BCUT2D eigenvalue weighted by Crippen LogP contribution is 2.45. The lowest BCUT2D eigenvalue weighted by atomic mass is 10.0. The third-order valence-corrected chi connectivity index (χ3v) is 18.5. The number of ether oxygens (including phenoxy) is 4. The second-order valence-corrected chi connectivity index (χ2v) is 29.2. The van der Waals surface area contributed by atoms with Crippen LogP contribution in [0, 0.1) is 0 Å². The smallest absolute Gasteiger partial charge is 0.462 e. The van der Waals surface area contributed by atoms with Crippen LogP contribution in [0.4, 0.5) is 0 Å². The number of esters is 4. The number of allylic oxidation sites excluding steroid dienone is 16. The minimum Gasteiger partial charge on any atom is -0.462 e. The van der Waals surface area contributed by atoms with Crippen LogP contribution in [-0.4, -0.2) is 96.7 Å². The number of aliphatic hydroxyl groups is 1. The van der Waals surface area contributed by atoms with Crippen molar-refractivity contribution in [1.82, 2.24) is 0 Å². The first-order valence-corrected chi connectivity index (χ1v) is 42.5. The summed E-state index contributed by atoms with van der Waals surface area (Å²) in [6, 6.07) is 0. The van der Waals surface area contributed by atoms with E-state index >= 15 is 0 Å². The van der Waals surface area contributed by atoms with Crippen LogP contribution in [0.15, 0.2) is 97.2 Å². The van der Waals surface area contributed by atoms with Gasteiger partial charge in [0.05, 0.1) is 26.4 Å². The van der Waals surface area contributed by atoms with E-state index in [1.807, 2.05) is 18.2 Å². The van der Waals surface area contributed by atoms with Crippen molar-refractivity contribution in [3.8, 4) is 0 Å². The maximum atomic E-state index is 13.1. The zero-order valence-corrected chi connectivity index (χ0v) is 64.9. The Labute approximate surface area is 607 Å². The van der Waals surface area contributed by atoms with Gasteiger partial charge in [-0.1, -0.05) is 311 Å². The fraction of sp³-hybridized carbons (Fsp3) is 0.753. The Balaban J connectivity index is 5.37. The molecule has 0 saturated heterocycles. The molecular formula is C81H142O17P2. The maximum absolute atomic E-state index is 13.1. The number of phosphoric ester groups is 2. The molecule has 0 aromatic rings. The van der Waals surface area contributed by atoms with Gasteiger partial charge < -0.3 is 33.8 Å². The minimum absolute atomic E-state index is 0.0379. The standard InChI is InChI=1S/C81H142O17P2/c1-5-9-13-17-21-25-29-32-35-36-37-38-41-43-47-50-54-58-62-66-79(84)91-71-76(97-80(85)67-63-59-55-51-45-28-24-20-16-12-8-4)73-95-99(87,88)93-69-75(82)70-94-100(89,90)96-74-77(98-81(86)68-64-60-56-52-48-44-40-34-31-27-23-19-15-11-7-3)72-92-78(83)65-61-57-53-49-46-42-39-33-30-26-22-18-14-10-6-2/h9,13,21-22,25-26,32-33,35,37-39,43,47,54,58,75-77,82H,5-8,10-12,14-20,23-24,27-31,34,36,40-42,44-46,48-53,55-57,59-74H2,1-4H3,(H,87,88)(H,89,90)/b13-9-,25-21-,26-22-,35-32-,38-37-,39-33-,47-43-,58-54-. The minimum atomic E-state index is -4.99. The Kier molecular flexibility index (Phi) is 70.4. The van der Waals surface area contributed by atoms with E-state index in [1.165, 1.54) is 122 Å². The van der Waals surface area contributed by atoms with Crippen LogP contribution in [-0.2, 0) is 65.4 Å². The third-order valence-electron chi connectivity index (χ3n) is 16.6. The van der Waals surface area contributed by atoms with Gasteiger partial charge in [-0.05, 0) is 96.3 Å². The van der Waals surface area contributed by atoms with Gasteiger partial charge in [-0.25, -0.2) is 9.13 Å². The molecule has 100 heavy (non-hydrogen) atoms. The van der Waals surface area contributed by atoms with E-state index in [0.29, 0.717) is 32.1 Å². The fourth-order valence-corrected chi connectivity index (χ4v) is 12.2. The zero-order chi connectivity index (χ0) is 73.2. The summed E-state index contributed by atoms with van der Waals surface area (Å²) < 4.78 is 68.4. The van der Waals surface area contributed by atoms with Crippen LogP contribution in [0.25, 0.3) is 0 Å². The van der Waals surface area contributed by atoms with Gasteiger partial charge in [0.2, 0.25) is 0 Å². The Hall–Kier alpha value is -4.02. The van der Waals surface area contributed by atoms with Crippen molar-refractivity contribution in [2.75, 3.05) is 39.6 Å². The molecule has 3 N–H and O–H groups in total. The predicted molar refractivity (Wildman–Crippen MR) is 409 cm³/mol. The van der Waals surface area contributed by atoms with E-state index < -0.39 is 97.5 Å². The lowest BCUT2D eigenvalue weighted by Crippen LogP contribution is -2.30. The highest BCUT2D eigenvalue weighted by atomic mass is 31.2. The van der Waals surface area contributed by atoms with E-state index in [2.05, 4.69) is 107 Å². The van der Waals surface area contributed by atoms with Gasteiger partial charge >= 0.3 is 39.5 Å². The molecule has 17 nitrogen and oxygen atoms in total. The van der Waals surface area contributed by atoms with Crippen LogP contribution >= 0.6 is 15.6 Å². The van der Waals surface area contributed by atoms with Gasteiger partial charge in [-0.3, -0.25) is 37.3 Å². The summed E-state index contributed by atoms with van der Waals surface area (Å²) in [4.78, 5) is 72.9. The van der Waals surface area contributed by atoms with Crippen LogP contribution in [0.5, 0.6) is 0 Å². The largest absolute Gasteiger partial charge is 0.472 e. The molecule has 19 heteroatoms. The average Bonchev–Trinajstić information content (AvgIpc) is 0.953. The van der Waals surface area contributed by atoms with Crippen molar-refractivity contribution in [3.05, 3.63) is 97.2 Å².